The van der Waals surface area contributed by atoms with Gasteiger partial charge in [-0.05, 0) is 48.4 Å². The second kappa shape index (κ2) is 12.6. The van der Waals surface area contributed by atoms with E-state index in [1.54, 1.807) is 0 Å². The Bertz CT molecular complexity index is 1630. The summed E-state index contributed by atoms with van der Waals surface area (Å²) in [4.78, 5) is 49.8. The van der Waals surface area contributed by atoms with E-state index in [1.165, 1.54) is 13.4 Å². The van der Waals surface area contributed by atoms with E-state index >= 15 is 0 Å². The lowest BCUT2D eigenvalue weighted by Crippen LogP contribution is -2.44. The van der Waals surface area contributed by atoms with Gasteiger partial charge in [-0.25, -0.2) is 14.8 Å². The Morgan fingerprint density at radius 3 is 2.64 bits per heavy atom. The molecule has 4 N–H and O–H groups in total. The van der Waals surface area contributed by atoms with Crippen molar-refractivity contribution < 1.29 is 37.4 Å². The van der Waals surface area contributed by atoms with Gasteiger partial charge in [-0.2, -0.15) is 13.2 Å². The molecule has 0 bridgehead atoms. The number of aromatic nitrogens is 3. The number of H-pyrrole nitrogens is 1. The molecule has 0 saturated carbocycles. The Morgan fingerprint density at radius 1 is 1.21 bits per heavy atom. The lowest BCUT2D eigenvalue weighted by Gasteiger charge is -2.26. The number of carbonyl (C=O) groups excluding carboxylic acids is 2. The van der Waals surface area contributed by atoms with Crippen molar-refractivity contribution in [3.05, 3.63) is 65.1 Å². The van der Waals surface area contributed by atoms with Crippen LogP contribution < -0.4 is 5.73 Å². The first-order valence-electron chi connectivity index (χ1n) is 12.5. The fraction of sp³-hybridized carbons (Fsp3) is 0.296. The molecule has 0 spiro atoms. The summed E-state index contributed by atoms with van der Waals surface area (Å²) in [5.74, 6) is -2.73. The van der Waals surface area contributed by atoms with E-state index in [2.05, 4.69) is 15.0 Å². The van der Waals surface area contributed by atoms with E-state index in [-0.39, 0.29) is 18.4 Å². The number of esters is 1. The third kappa shape index (κ3) is 7.25. The van der Waals surface area contributed by atoms with Gasteiger partial charge in [0.15, 0.2) is 0 Å². The summed E-state index contributed by atoms with van der Waals surface area (Å²) < 4.78 is 36.6. The molecule has 1 amide bonds. The highest BCUT2D eigenvalue weighted by Gasteiger charge is 2.38. The highest BCUT2D eigenvalue weighted by Crippen LogP contribution is 2.26. The number of fused-ring (bicyclic) bond motifs is 2. The first kappa shape index (κ1) is 30.5. The number of carbonyl (C=O) groups is 3. The maximum absolute atomic E-state index is 13.4. The molecule has 0 radical (unpaired) electrons. The molecular weight excluding hydrogens is 581 g/mol. The number of nitrogens with zero attached hydrogens (tertiary/aromatic N) is 4. The predicted octanol–water partition coefficient (Wildman–Crippen LogP) is 3.76. The maximum atomic E-state index is 13.4. The van der Waals surface area contributed by atoms with Gasteiger partial charge in [0.1, 0.15) is 12.1 Å². The molecular formula is C27H26ClF3N6O5. The maximum Gasteiger partial charge on any atom is 0.490 e. The number of aliphatic carboxylic acids is 1. The van der Waals surface area contributed by atoms with Crippen LogP contribution in [0.15, 0.2) is 48.8 Å². The number of benzene rings is 2. The number of carboxylic acid groups (broad SMARTS) is 1. The Morgan fingerprint density at radius 2 is 1.95 bits per heavy atom. The van der Waals surface area contributed by atoms with Crippen LogP contribution in [0.3, 0.4) is 0 Å². The van der Waals surface area contributed by atoms with Gasteiger partial charge in [0, 0.05) is 46.6 Å². The van der Waals surface area contributed by atoms with Crippen LogP contribution in [-0.4, -0.2) is 80.1 Å². The second-order valence-corrected chi connectivity index (χ2v) is 9.92. The molecule has 1 aliphatic heterocycles. The van der Waals surface area contributed by atoms with E-state index in [4.69, 9.17) is 32.0 Å². The number of methoxy groups -OCH3 is 1. The molecule has 0 aliphatic carbocycles. The van der Waals surface area contributed by atoms with Crippen LogP contribution in [0.2, 0.25) is 5.02 Å². The minimum absolute atomic E-state index is 0.0169. The lowest BCUT2D eigenvalue weighted by atomic mass is 10.1. The number of carboxylic acids is 1. The van der Waals surface area contributed by atoms with Crippen molar-refractivity contribution in [3.8, 4) is 0 Å². The number of hydrogen-bond donors (Lipinski definition) is 3. The quantitative estimate of drug-likeness (QED) is 0.267. The SMILES string of the molecule is COC(=O)CN(Cc1cc2cc(Cl)ccc2[nH]1)[C@@H]1CCN(Cc2ccc3c(N)ncnc3c2)C1=O.O=C(O)C(F)(F)F. The minimum Gasteiger partial charge on any atom is -0.475 e. The molecule has 5 rings (SSSR count). The Hall–Kier alpha value is -4.43. The fourth-order valence-electron chi connectivity index (χ4n) is 4.63. The molecule has 1 atom stereocenters. The average Bonchev–Trinajstić information content (AvgIpc) is 3.50. The summed E-state index contributed by atoms with van der Waals surface area (Å²) in [6.45, 7) is 1.46. The van der Waals surface area contributed by atoms with Crippen LogP contribution in [0.4, 0.5) is 19.0 Å². The zero-order valence-corrected chi connectivity index (χ0v) is 22.9. The van der Waals surface area contributed by atoms with Crippen LogP contribution in [0, 0.1) is 0 Å². The van der Waals surface area contributed by atoms with E-state index in [0.29, 0.717) is 36.9 Å². The molecule has 42 heavy (non-hydrogen) atoms. The first-order valence-corrected chi connectivity index (χ1v) is 12.9. The molecule has 2 aromatic heterocycles. The van der Waals surface area contributed by atoms with Crippen molar-refractivity contribution in [1.29, 1.82) is 0 Å². The lowest BCUT2D eigenvalue weighted by molar-refractivity contribution is -0.192. The number of halogens is 4. The minimum atomic E-state index is -5.08. The molecule has 2 aromatic carbocycles. The number of nitrogens with one attached hydrogen (secondary N) is 1. The van der Waals surface area contributed by atoms with Crippen molar-refractivity contribution in [1.82, 2.24) is 24.8 Å². The van der Waals surface area contributed by atoms with Crippen LogP contribution in [0.1, 0.15) is 17.7 Å². The number of aromatic amines is 1. The molecule has 222 valence electrons. The monoisotopic (exact) mass is 606 g/mol. The van der Waals surface area contributed by atoms with Gasteiger partial charge < -0.3 is 25.5 Å². The first-order chi connectivity index (χ1) is 19.8. The number of nitrogens with two attached hydrogens (primary N) is 1. The second-order valence-electron chi connectivity index (χ2n) is 9.48. The van der Waals surface area contributed by atoms with E-state index in [9.17, 15) is 22.8 Å². The van der Waals surface area contributed by atoms with Gasteiger partial charge in [0.25, 0.3) is 0 Å². The van der Waals surface area contributed by atoms with Crippen LogP contribution in [0.5, 0.6) is 0 Å². The number of amides is 1. The zero-order chi connectivity index (χ0) is 30.6. The number of likely N-dealkylation sites (tertiary alicyclic amines) is 1. The van der Waals surface area contributed by atoms with Crippen LogP contribution in [0.25, 0.3) is 21.8 Å². The van der Waals surface area contributed by atoms with Crippen LogP contribution in [-0.2, 0) is 32.2 Å². The van der Waals surface area contributed by atoms with Crippen molar-refractivity contribution >= 4 is 57.1 Å². The Kier molecular flexibility index (Phi) is 9.17. The van der Waals surface area contributed by atoms with E-state index in [1.807, 2.05) is 52.3 Å². The average molecular weight is 607 g/mol. The number of nitrogen functional groups attached to an aromatic ring is 1. The number of ether oxygens (including phenoxy) is 1. The Balaban J connectivity index is 0.000000517. The standard InChI is InChI=1S/C25H25ClN6O3.C2HF3O2/c1-35-23(33)13-32(12-18-10-16-9-17(26)3-5-20(16)30-18)22-6-7-31(25(22)34)11-15-2-4-19-21(8-15)28-14-29-24(19)27;3-2(4,5)1(6)7/h2-5,8-10,14,22,30H,6-7,11-13H2,1H3,(H2,27,28,29);(H,6,7)/t22-;/m1./s1. The highest BCUT2D eigenvalue weighted by atomic mass is 35.5. The third-order valence-electron chi connectivity index (χ3n) is 6.63. The smallest absolute Gasteiger partial charge is 0.475 e. The van der Waals surface area contributed by atoms with Gasteiger partial charge in [-0.3, -0.25) is 14.5 Å². The third-order valence-corrected chi connectivity index (χ3v) is 6.86. The molecule has 1 saturated heterocycles. The van der Waals surface area contributed by atoms with Crippen molar-refractivity contribution in [2.24, 2.45) is 0 Å². The molecule has 1 fully saturated rings. The normalized spacial score (nSPS) is 15.2. The molecule has 1 aliphatic rings. The van der Waals surface area contributed by atoms with Crippen molar-refractivity contribution in [3.63, 3.8) is 0 Å². The van der Waals surface area contributed by atoms with Crippen molar-refractivity contribution in [2.45, 2.75) is 31.7 Å². The zero-order valence-electron chi connectivity index (χ0n) is 22.2. The Labute approximate surface area is 242 Å². The molecule has 15 heteroatoms. The summed E-state index contributed by atoms with van der Waals surface area (Å²) in [5.41, 5.74) is 9.46. The van der Waals surface area contributed by atoms with E-state index < -0.39 is 18.2 Å². The van der Waals surface area contributed by atoms with E-state index in [0.717, 1.165) is 33.1 Å². The van der Waals surface area contributed by atoms with Gasteiger partial charge in [-0.1, -0.05) is 17.7 Å². The summed E-state index contributed by atoms with van der Waals surface area (Å²) in [6, 6.07) is 12.9. The fourth-order valence-corrected chi connectivity index (χ4v) is 4.82. The summed E-state index contributed by atoms with van der Waals surface area (Å²) in [7, 11) is 1.35. The largest absolute Gasteiger partial charge is 0.490 e. The van der Waals surface area contributed by atoms with Crippen LogP contribution >= 0.6 is 11.6 Å². The predicted molar refractivity (Wildman–Crippen MR) is 147 cm³/mol. The van der Waals surface area contributed by atoms with Gasteiger partial charge in [-0.15, -0.1) is 0 Å². The molecule has 3 heterocycles. The number of rotatable bonds is 7. The van der Waals surface area contributed by atoms with Gasteiger partial charge in [0.2, 0.25) is 5.91 Å². The number of anilines is 1. The number of alkyl halides is 3. The molecule has 4 aromatic rings. The van der Waals surface area contributed by atoms with Gasteiger partial charge in [0.05, 0.1) is 25.2 Å². The summed E-state index contributed by atoms with van der Waals surface area (Å²) >= 11 is 6.12. The summed E-state index contributed by atoms with van der Waals surface area (Å²) in [6.07, 6.45) is -3.04. The topological polar surface area (TPSA) is 155 Å². The van der Waals surface area contributed by atoms with Gasteiger partial charge >= 0.3 is 18.1 Å². The highest BCUT2D eigenvalue weighted by molar-refractivity contribution is 6.31. The summed E-state index contributed by atoms with van der Waals surface area (Å²) in [5, 5.41) is 9.54. The number of hydrogen-bond acceptors (Lipinski definition) is 8. The molecule has 0 unspecified atom stereocenters. The molecule has 11 nitrogen and oxygen atoms in total. The van der Waals surface area contributed by atoms with Crippen molar-refractivity contribution in [2.75, 3.05) is 25.9 Å².